The van der Waals surface area contributed by atoms with Gasteiger partial charge in [0.05, 0.1) is 0 Å². The summed E-state index contributed by atoms with van der Waals surface area (Å²) in [5.41, 5.74) is 5.25. The van der Waals surface area contributed by atoms with Gasteiger partial charge >= 0.3 is 6.03 Å². The number of urea groups is 1. The van der Waals surface area contributed by atoms with Gasteiger partial charge in [-0.05, 0) is 0 Å². The Kier molecular flexibility index (Phi) is 1.67. The Hall–Kier alpha value is -0.970. The molecular weight excluding hydrogens is 137 g/mol. The Bertz CT molecular complexity index is 182. The van der Waals surface area contributed by atoms with Crippen LogP contribution in [0.25, 0.3) is 0 Å². The molecule has 0 aliphatic carbocycles. The number of carbonyl (C=O) groups is 1. The Morgan fingerprint density at radius 1 is 1.90 bits per heavy atom. The van der Waals surface area contributed by atoms with Crippen LogP contribution in [-0.4, -0.2) is 36.5 Å². The van der Waals surface area contributed by atoms with E-state index >= 15 is 0 Å². The first-order valence-corrected chi connectivity index (χ1v) is 2.83. The number of amides is 2. The van der Waals surface area contributed by atoms with E-state index < -0.39 is 18.4 Å². The van der Waals surface area contributed by atoms with E-state index in [1.54, 1.807) is 0 Å². The lowest BCUT2D eigenvalue weighted by Crippen LogP contribution is -2.51. The van der Waals surface area contributed by atoms with E-state index in [1.165, 1.54) is 7.05 Å². The molecule has 2 amide bonds. The molecule has 56 valence electrons. The van der Waals surface area contributed by atoms with Gasteiger partial charge in [-0.25, -0.2) is 14.2 Å². The van der Waals surface area contributed by atoms with Gasteiger partial charge in [0.1, 0.15) is 6.17 Å². The zero-order chi connectivity index (χ0) is 7.72. The van der Waals surface area contributed by atoms with Crippen molar-refractivity contribution in [1.82, 2.24) is 4.90 Å². The SMILES string of the molecule is CN1C(=O)N=CC(F)C1N. The van der Waals surface area contributed by atoms with E-state index in [0.29, 0.717) is 0 Å². The average molecular weight is 145 g/mol. The molecule has 10 heavy (non-hydrogen) atoms. The van der Waals surface area contributed by atoms with Crippen LogP contribution in [0.5, 0.6) is 0 Å². The number of alkyl halides is 1. The van der Waals surface area contributed by atoms with Crippen molar-refractivity contribution in [2.24, 2.45) is 10.7 Å². The Labute approximate surface area is 57.5 Å². The van der Waals surface area contributed by atoms with Crippen LogP contribution in [-0.2, 0) is 0 Å². The third-order valence-electron chi connectivity index (χ3n) is 1.40. The molecule has 0 saturated heterocycles. The molecule has 4 nitrogen and oxygen atoms in total. The second-order valence-corrected chi connectivity index (χ2v) is 2.11. The molecule has 1 heterocycles. The second kappa shape index (κ2) is 2.34. The zero-order valence-electron chi connectivity index (χ0n) is 5.49. The summed E-state index contributed by atoms with van der Waals surface area (Å²) >= 11 is 0. The van der Waals surface area contributed by atoms with Gasteiger partial charge in [0.25, 0.3) is 0 Å². The fraction of sp³-hybridized carbons (Fsp3) is 0.600. The van der Waals surface area contributed by atoms with E-state index in [2.05, 4.69) is 4.99 Å². The first-order valence-electron chi connectivity index (χ1n) is 2.83. The molecule has 1 aliphatic rings. The molecule has 0 fully saturated rings. The van der Waals surface area contributed by atoms with E-state index in [1.807, 2.05) is 0 Å². The molecule has 0 aromatic carbocycles. The second-order valence-electron chi connectivity index (χ2n) is 2.11. The topological polar surface area (TPSA) is 58.7 Å². The first kappa shape index (κ1) is 7.14. The molecule has 2 N–H and O–H groups in total. The van der Waals surface area contributed by atoms with Gasteiger partial charge in [-0.15, -0.1) is 0 Å². The molecule has 2 unspecified atom stereocenters. The largest absolute Gasteiger partial charge is 0.344 e. The lowest BCUT2D eigenvalue weighted by molar-refractivity contribution is 0.170. The standard InChI is InChI=1S/C5H8FN3O/c1-9-4(7)3(6)2-8-5(9)10/h2-4H,7H2,1H3. The van der Waals surface area contributed by atoms with E-state index in [0.717, 1.165) is 11.1 Å². The number of rotatable bonds is 0. The molecule has 0 aromatic rings. The van der Waals surface area contributed by atoms with Gasteiger partial charge in [0.2, 0.25) is 0 Å². The molecule has 1 aliphatic heterocycles. The van der Waals surface area contributed by atoms with E-state index in [4.69, 9.17) is 5.73 Å². The lowest BCUT2D eigenvalue weighted by atomic mass is 10.3. The molecular formula is C5H8FN3O. The van der Waals surface area contributed by atoms with E-state index in [-0.39, 0.29) is 0 Å². The fourth-order valence-corrected chi connectivity index (χ4v) is 0.655. The summed E-state index contributed by atoms with van der Waals surface area (Å²) in [7, 11) is 1.41. The average Bonchev–Trinajstić information content (AvgIpc) is 1.93. The third kappa shape index (κ3) is 0.995. The van der Waals surface area contributed by atoms with Gasteiger partial charge in [-0.2, -0.15) is 0 Å². The van der Waals surface area contributed by atoms with Gasteiger partial charge in [0.15, 0.2) is 6.17 Å². The minimum atomic E-state index is -1.34. The van der Waals surface area contributed by atoms with Crippen molar-refractivity contribution in [3.05, 3.63) is 0 Å². The number of hydrogen-bond donors (Lipinski definition) is 1. The predicted molar refractivity (Wildman–Crippen MR) is 34.5 cm³/mol. The summed E-state index contributed by atoms with van der Waals surface area (Å²) < 4.78 is 12.5. The predicted octanol–water partition coefficient (Wildman–Crippen LogP) is -0.254. The van der Waals surface area contributed by atoms with Crippen molar-refractivity contribution in [3.8, 4) is 0 Å². The van der Waals surface area contributed by atoms with Gasteiger partial charge in [-0.3, -0.25) is 0 Å². The lowest BCUT2D eigenvalue weighted by Gasteiger charge is -2.26. The van der Waals surface area contributed by atoms with Crippen LogP contribution in [0.15, 0.2) is 4.99 Å². The highest BCUT2D eigenvalue weighted by Gasteiger charge is 2.27. The van der Waals surface area contributed by atoms with Crippen LogP contribution < -0.4 is 5.73 Å². The van der Waals surface area contributed by atoms with Crippen molar-refractivity contribution in [1.29, 1.82) is 0 Å². The number of nitrogens with zero attached hydrogens (tertiary/aromatic N) is 2. The molecule has 5 heteroatoms. The third-order valence-corrected chi connectivity index (χ3v) is 1.40. The summed E-state index contributed by atoms with van der Waals surface area (Å²) in [6.45, 7) is 0. The molecule has 0 saturated carbocycles. The molecule has 1 rings (SSSR count). The van der Waals surface area contributed by atoms with Crippen molar-refractivity contribution in [2.75, 3.05) is 7.05 Å². The Morgan fingerprint density at radius 3 is 3.00 bits per heavy atom. The molecule has 0 bridgehead atoms. The summed E-state index contributed by atoms with van der Waals surface area (Å²) in [5.74, 6) is 0. The van der Waals surface area contributed by atoms with Gasteiger partial charge in [-0.1, -0.05) is 0 Å². The number of nitrogens with two attached hydrogens (primary N) is 1. The van der Waals surface area contributed by atoms with Crippen LogP contribution in [0, 0.1) is 0 Å². The maximum atomic E-state index is 12.5. The molecule has 2 atom stereocenters. The monoisotopic (exact) mass is 145 g/mol. The fourth-order valence-electron chi connectivity index (χ4n) is 0.655. The van der Waals surface area contributed by atoms with Gasteiger partial charge in [0, 0.05) is 13.3 Å². The van der Waals surface area contributed by atoms with E-state index in [9.17, 15) is 9.18 Å². The summed E-state index contributed by atoms with van der Waals surface area (Å²) in [6.07, 6.45) is -1.31. The normalized spacial score (nSPS) is 33.1. The van der Waals surface area contributed by atoms with Crippen LogP contribution in [0.1, 0.15) is 0 Å². The summed E-state index contributed by atoms with van der Waals surface area (Å²) in [4.78, 5) is 14.9. The summed E-state index contributed by atoms with van der Waals surface area (Å²) in [6, 6.07) is -0.499. The maximum absolute atomic E-state index is 12.5. The van der Waals surface area contributed by atoms with Crippen LogP contribution in [0.3, 0.4) is 0 Å². The minimum absolute atomic E-state index is 0.499. The molecule has 0 spiro atoms. The highest BCUT2D eigenvalue weighted by molar-refractivity contribution is 5.88. The highest BCUT2D eigenvalue weighted by Crippen LogP contribution is 2.05. The first-order chi connectivity index (χ1) is 4.63. The quantitative estimate of drug-likeness (QED) is 0.510. The minimum Gasteiger partial charge on any atom is -0.308 e. The summed E-state index contributed by atoms with van der Waals surface area (Å²) in [5, 5.41) is 0. The smallest absolute Gasteiger partial charge is 0.308 e. The van der Waals surface area contributed by atoms with Gasteiger partial charge < -0.3 is 10.6 Å². The maximum Gasteiger partial charge on any atom is 0.344 e. The number of carbonyl (C=O) groups excluding carboxylic acids is 1. The van der Waals surface area contributed by atoms with Crippen molar-refractivity contribution >= 4 is 12.2 Å². The van der Waals surface area contributed by atoms with Crippen LogP contribution >= 0.6 is 0 Å². The number of hydrogen-bond acceptors (Lipinski definition) is 2. The number of halogens is 1. The van der Waals surface area contributed by atoms with Crippen molar-refractivity contribution in [2.45, 2.75) is 12.3 Å². The van der Waals surface area contributed by atoms with Crippen molar-refractivity contribution in [3.63, 3.8) is 0 Å². The number of aliphatic imine (C=N–C) groups is 1. The Morgan fingerprint density at radius 2 is 2.50 bits per heavy atom. The van der Waals surface area contributed by atoms with Crippen LogP contribution in [0.2, 0.25) is 0 Å². The van der Waals surface area contributed by atoms with Crippen LogP contribution in [0.4, 0.5) is 9.18 Å². The molecule has 0 aromatic heterocycles. The zero-order valence-corrected chi connectivity index (χ0v) is 5.49. The highest BCUT2D eigenvalue weighted by atomic mass is 19.1. The molecule has 0 radical (unpaired) electrons. The van der Waals surface area contributed by atoms with Crippen molar-refractivity contribution < 1.29 is 9.18 Å². The Balaban J connectivity index is 2.79.